The minimum atomic E-state index is -0.0506. The normalized spacial score (nSPS) is 33.3. The molecule has 0 aromatic heterocycles. The van der Waals surface area contributed by atoms with Crippen LogP contribution in [0.15, 0.2) is 18.2 Å². The maximum Gasteiger partial charge on any atom is 0.252 e. The zero-order valence-corrected chi connectivity index (χ0v) is 13.5. The molecule has 2 bridgehead atoms. The van der Waals surface area contributed by atoms with E-state index in [1.165, 1.54) is 49.9 Å². The van der Waals surface area contributed by atoms with Crippen LogP contribution in [0.5, 0.6) is 0 Å². The molecule has 3 aliphatic heterocycles. The third kappa shape index (κ3) is 2.36. The molecule has 1 unspecified atom stereocenters. The minimum Gasteiger partial charge on any atom is -0.345 e. The third-order valence-electron chi connectivity index (χ3n) is 6.08. The summed E-state index contributed by atoms with van der Waals surface area (Å²) in [4.78, 5) is 15.4. The number of carbonyl (C=O) groups excluding carboxylic acids is 1. The van der Waals surface area contributed by atoms with Gasteiger partial charge in [0.25, 0.3) is 5.91 Å². The van der Waals surface area contributed by atoms with Gasteiger partial charge in [-0.2, -0.15) is 0 Å². The zero-order valence-electron chi connectivity index (χ0n) is 13.5. The van der Waals surface area contributed by atoms with Gasteiger partial charge in [0.15, 0.2) is 0 Å². The summed E-state index contributed by atoms with van der Waals surface area (Å²) in [5.74, 6) is 0.788. The lowest BCUT2D eigenvalue weighted by atomic mass is 9.74. The van der Waals surface area contributed by atoms with Crippen molar-refractivity contribution in [3.05, 3.63) is 34.9 Å². The van der Waals surface area contributed by atoms with Crippen LogP contribution in [-0.2, 0) is 12.8 Å². The lowest BCUT2D eigenvalue weighted by Crippen LogP contribution is -2.65. The number of hydrogen-bond donors (Lipinski definition) is 1. The first-order valence-corrected chi connectivity index (χ1v) is 8.81. The average Bonchev–Trinajstić information content (AvgIpc) is 2.54. The van der Waals surface area contributed by atoms with Crippen LogP contribution < -0.4 is 5.32 Å². The Bertz CT molecular complexity index is 589. The van der Waals surface area contributed by atoms with Crippen LogP contribution in [0.25, 0.3) is 0 Å². The predicted octanol–water partition coefficient (Wildman–Crippen LogP) is 2.78. The highest BCUT2D eigenvalue weighted by Gasteiger charge is 2.44. The van der Waals surface area contributed by atoms with Crippen molar-refractivity contribution in [2.75, 3.05) is 19.6 Å². The Hall–Kier alpha value is -1.35. The Morgan fingerprint density at radius 3 is 2.73 bits per heavy atom. The summed E-state index contributed by atoms with van der Waals surface area (Å²) in [5, 5.41) is 3.41. The second kappa shape index (κ2) is 5.38. The first-order valence-electron chi connectivity index (χ1n) is 8.81. The van der Waals surface area contributed by atoms with Crippen molar-refractivity contribution in [3.8, 4) is 0 Å². The summed E-state index contributed by atoms with van der Waals surface area (Å²) in [6.07, 6.45) is 7.11. The standard InChI is InChI=1S/C19H26N2O/c1-19(13-21-11-9-15(19)10-12-21)20-18(22)17-8-4-6-14-5-2-3-7-16(14)17/h4,6,8,15H,2-3,5,7,9-13H2,1H3,(H,20,22). The molecule has 3 fully saturated rings. The van der Waals surface area contributed by atoms with E-state index in [9.17, 15) is 4.79 Å². The number of fused-ring (bicyclic) bond motifs is 4. The Morgan fingerprint density at radius 2 is 2.00 bits per heavy atom. The lowest BCUT2D eigenvalue weighted by Gasteiger charge is -2.52. The number of aryl methyl sites for hydroxylation is 1. The second-order valence-corrected chi connectivity index (χ2v) is 7.57. The molecule has 1 atom stereocenters. The van der Waals surface area contributed by atoms with Gasteiger partial charge in [-0.15, -0.1) is 0 Å². The molecule has 0 spiro atoms. The topological polar surface area (TPSA) is 32.3 Å². The minimum absolute atomic E-state index is 0.0506. The quantitative estimate of drug-likeness (QED) is 0.910. The molecule has 3 heterocycles. The maximum atomic E-state index is 12.9. The van der Waals surface area contributed by atoms with E-state index in [0.717, 1.165) is 24.9 Å². The molecule has 4 aliphatic rings. The summed E-state index contributed by atoms with van der Waals surface area (Å²) in [6.45, 7) is 5.67. The van der Waals surface area contributed by atoms with Crippen molar-refractivity contribution < 1.29 is 4.79 Å². The molecule has 1 aliphatic carbocycles. The molecule has 1 amide bonds. The van der Waals surface area contributed by atoms with Crippen molar-refractivity contribution >= 4 is 5.91 Å². The number of benzene rings is 1. The molecule has 3 heteroatoms. The van der Waals surface area contributed by atoms with Gasteiger partial charge in [0.2, 0.25) is 0 Å². The molecule has 22 heavy (non-hydrogen) atoms. The molecule has 0 radical (unpaired) electrons. The highest BCUT2D eigenvalue weighted by atomic mass is 16.1. The number of carbonyl (C=O) groups is 1. The van der Waals surface area contributed by atoms with E-state index in [-0.39, 0.29) is 11.4 Å². The van der Waals surface area contributed by atoms with Gasteiger partial charge in [-0.05, 0) is 81.6 Å². The Balaban J connectivity index is 1.58. The van der Waals surface area contributed by atoms with E-state index in [1.54, 1.807) is 0 Å². The molecule has 3 nitrogen and oxygen atoms in total. The monoisotopic (exact) mass is 298 g/mol. The van der Waals surface area contributed by atoms with E-state index in [1.807, 2.05) is 6.07 Å². The van der Waals surface area contributed by atoms with Crippen LogP contribution in [0, 0.1) is 5.92 Å². The highest BCUT2D eigenvalue weighted by Crippen LogP contribution is 2.35. The van der Waals surface area contributed by atoms with E-state index < -0.39 is 0 Å². The van der Waals surface area contributed by atoms with Crippen molar-refractivity contribution in [3.63, 3.8) is 0 Å². The molecule has 3 saturated heterocycles. The smallest absolute Gasteiger partial charge is 0.252 e. The predicted molar refractivity (Wildman–Crippen MR) is 88.1 cm³/mol. The summed E-state index contributed by atoms with van der Waals surface area (Å²) < 4.78 is 0. The van der Waals surface area contributed by atoms with Gasteiger partial charge in [-0.1, -0.05) is 12.1 Å². The molecule has 1 aromatic rings. The summed E-state index contributed by atoms with van der Waals surface area (Å²) in [6, 6.07) is 6.27. The summed E-state index contributed by atoms with van der Waals surface area (Å²) >= 11 is 0. The summed E-state index contributed by atoms with van der Waals surface area (Å²) in [5.41, 5.74) is 3.56. The molecule has 1 aromatic carbocycles. The van der Waals surface area contributed by atoms with Crippen LogP contribution in [0.4, 0.5) is 0 Å². The largest absolute Gasteiger partial charge is 0.345 e. The SMILES string of the molecule is CC1(NC(=O)c2cccc3c2CCCC3)CN2CCC1CC2. The van der Waals surface area contributed by atoms with E-state index in [4.69, 9.17) is 0 Å². The molecule has 118 valence electrons. The van der Waals surface area contributed by atoms with Gasteiger partial charge < -0.3 is 10.2 Å². The van der Waals surface area contributed by atoms with Crippen molar-refractivity contribution in [2.24, 2.45) is 5.92 Å². The second-order valence-electron chi connectivity index (χ2n) is 7.57. The number of hydrogen-bond acceptors (Lipinski definition) is 2. The molecule has 0 saturated carbocycles. The Kier molecular flexibility index (Phi) is 3.48. The van der Waals surface area contributed by atoms with Gasteiger partial charge in [-0.3, -0.25) is 4.79 Å². The maximum absolute atomic E-state index is 12.9. The van der Waals surface area contributed by atoms with Crippen molar-refractivity contribution in [2.45, 2.75) is 51.0 Å². The van der Waals surface area contributed by atoms with Gasteiger partial charge in [0, 0.05) is 12.1 Å². The molecule has 5 rings (SSSR count). The third-order valence-corrected chi connectivity index (χ3v) is 6.08. The van der Waals surface area contributed by atoms with Gasteiger partial charge in [0.1, 0.15) is 0 Å². The number of piperidine rings is 3. The van der Waals surface area contributed by atoms with Gasteiger partial charge in [-0.25, -0.2) is 0 Å². The van der Waals surface area contributed by atoms with Gasteiger partial charge in [0.05, 0.1) is 5.54 Å². The van der Waals surface area contributed by atoms with Crippen LogP contribution in [0.3, 0.4) is 0 Å². The fourth-order valence-corrected chi connectivity index (χ4v) is 4.78. The van der Waals surface area contributed by atoms with Crippen LogP contribution in [-0.4, -0.2) is 36.0 Å². The Morgan fingerprint density at radius 1 is 1.23 bits per heavy atom. The van der Waals surface area contributed by atoms with Gasteiger partial charge >= 0.3 is 0 Å². The number of nitrogens with zero attached hydrogens (tertiary/aromatic N) is 1. The first-order chi connectivity index (χ1) is 10.7. The number of nitrogens with one attached hydrogen (secondary N) is 1. The van der Waals surface area contributed by atoms with E-state index in [2.05, 4.69) is 29.3 Å². The number of amides is 1. The molecular formula is C19H26N2O. The van der Waals surface area contributed by atoms with Crippen molar-refractivity contribution in [1.29, 1.82) is 0 Å². The fraction of sp³-hybridized carbons (Fsp3) is 0.632. The van der Waals surface area contributed by atoms with E-state index in [0.29, 0.717) is 5.92 Å². The highest BCUT2D eigenvalue weighted by molar-refractivity contribution is 5.96. The zero-order chi connectivity index (χ0) is 15.2. The van der Waals surface area contributed by atoms with Crippen LogP contribution >= 0.6 is 0 Å². The molecular weight excluding hydrogens is 272 g/mol. The van der Waals surface area contributed by atoms with E-state index >= 15 is 0 Å². The fourth-order valence-electron chi connectivity index (χ4n) is 4.78. The Labute approximate surface area is 133 Å². The van der Waals surface area contributed by atoms with Crippen molar-refractivity contribution in [1.82, 2.24) is 10.2 Å². The molecule has 1 N–H and O–H groups in total. The number of rotatable bonds is 2. The lowest BCUT2D eigenvalue weighted by molar-refractivity contribution is 0.0167. The summed E-state index contributed by atoms with van der Waals surface area (Å²) in [7, 11) is 0. The average molecular weight is 298 g/mol. The van der Waals surface area contributed by atoms with Crippen LogP contribution in [0.1, 0.15) is 54.1 Å². The van der Waals surface area contributed by atoms with Crippen LogP contribution in [0.2, 0.25) is 0 Å². The first kappa shape index (κ1) is 14.3.